The maximum absolute atomic E-state index is 12.7. The van der Waals surface area contributed by atoms with Gasteiger partial charge < -0.3 is 15.1 Å². The van der Waals surface area contributed by atoms with Crippen molar-refractivity contribution in [1.29, 1.82) is 0 Å². The molecule has 156 valence electrons. The van der Waals surface area contributed by atoms with Gasteiger partial charge in [-0.2, -0.15) is 0 Å². The summed E-state index contributed by atoms with van der Waals surface area (Å²) in [5.41, 5.74) is 1.79. The monoisotopic (exact) mass is 405 g/mol. The van der Waals surface area contributed by atoms with Crippen molar-refractivity contribution < 1.29 is 14.4 Å². The second-order valence-corrected chi connectivity index (χ2v) is 8.00. The van der Waals surface area contributed by atoms with Crippen LogP contribution in [0, 0.1) is 5.92 Å². The first-order valence-electron chi connectivity index (χ1n) is 10.7. The Kier molecular flexibility index (Phi) is 6.12. The lowest BCUT2D eigenvalue weighted by molar-refractivity contribution is -0.121. The number of urea groups is 1. The maximum Gasteiger partial charge on any atom is 0.319 e. The number of nitrogens with one attached hydrogen (secondary N) is 1. The van der Waals surface area contributed by atoms with E-state index >= 15 is 0 Å². The molecule has 4 rings (SSSR count). The van der Waals surface area contributed by atoms with Crippen LogP contribution in [0.15, 0.2) is 54.6 Å². The van der Waals surface area contributed by atoms with Crippen LogP contribution < -0.4 is 5.32 Å². The summed E-state index contributed by atoms with van der Waals surface area (Å²) in [4.78, 5) is 41.7. The summed E-state index contributed by atoms with van der Waals surface area (Å²) in [5, 5.41) is 2.95. The van der Waals surface area contributed by atoms with E-state index in [1.165, 1.54) is 0 Å². The van der Waals surface area contributed by atoms with E-state index in [-0.39, 0.29) is 23.6 Å². The Bertz CT molecular complexity index is 914. The molecular formula is C24H27N3O3. The molecule has 0 aromatic heterocycles. The number of piperidine rings is 1. The Morgan fingerprint density at radius 3 is 2.10 bits per heavy atom. The number of hydrogen-bond donors (Lipinski definition) is 1. The van der Waals surface area contributed by atoms with Gasteiger partial charge in [-0.3, -0.25) is 9.59 Å². The van der Waals surface area contributed by atoms with Gasteiger partial charge in [-0.05, 0) is 37.8 Å². The zero-order valence-corrected chi connectivity index (χ0v) is 17.0. The van der Waals surface area contributed by atoms with E-state index in [9.17, 15) is 14.4 Å². The molecule has 0 atom stereocenters. The summed E-state index contributed by atoms with van der Waals surface area (Å²) in [6, 6.07) is 16.3. The number of carbonyl (C=O) groups is 3. The molecule has 2 saturated heterocycles. The molecule has 1 N–H and O–H groups in total. The molecule has 0 bridgehead atoms. The Labute approximate surface area is 176 Å². The van der Waals surface area contributed by atoms with Gasteiger partial charge in [0.15, 0.2) is 5.78 Å². The number of amides is 3. The standard InChI is InChI=1S/C24H27N3O3/c28-22(18-7-2-1-3-8-18)20-9-6-10-21(17-20)25-23(29)19-11-15-27(16-12-19)24(30)26-13-4-5-14-26/h1-3,6-10,17,19H,4-5,11-16H2,(H,25,29). The van der Waals surface area contributed by atoms with Gasteiger partial charge in [0.1, 0.15) is 0 Å². The summed E-state index contributed by atoms with van der Waals surface area (Å²) in [6.07, 6.45) is 3.48. The number of benzene rings is 2. The number of hydrogen-bond acceptors (Lipinski definition) is 3. The Morgan fingerprint density at radius 1 is 0.767 bits per heavy atom. The summed E-state index contributed by atoms with van der Waals surface area (Å²) >= 11 is 0. The van der Waals surface area contributed by atoms with Crippen LogP contribution >= 0.6 is 0 Å². The van der Waals surface area contributed by atoms with Crippen molar-refractivity contribution in [2.75, 3.05) is 31.5 Å². The third kappa shape index (κ3) is 4.53. The summed E-state index contributed by atoms with van der Waals surface area (Å²) in [6.45, 7) is 2.91. The van der Waals surface area contributed by atoms with E-state index in [0.29, 0.717) is 42.7 Å². The fraction of sp³-hybridized carbons (Fsp3) is 0.375. The van der Waals surface area contributed by atoms with Crippen LogP contribution in [0.1, 0.15) is 41.6 Å². The average molecular weight is 405 g/mol. The Balaban J connectivity index is 1.33. The first kappa shape index (κ1) is 20.1. The fourth-order valence-electron chi connectivity index (χ4n) is 4.18. The van der Waals surface area contributed by atoms with Crippen LogP contribution in [-0.4, -0.2) is 53.7 Å². The Hall–Kier alpha value is -3.15. The molecular weight excluding hydrogens is 378 g/mol. The molecule has 0 spiro atoms. The van der Waals surface area contributed by atoms with Crippen molar-refractivity contribution in [3.63, 3.8) is 0 Å². The predicted octanol–water partition coefficient (Wildman–Crippen LogP) is 3.78. The highest BCUT2D eigenvalue weighted by atomic mass is 16.2. The van der Waals surface area contributed by atoms with Gasteiger partial charge >= 0.3 is 6.03 Å². The minimum absolute atomic E-state index is 0.0485. The number of anilines is 1. The molecule has 2 aromatic carbocycles. The highest BCUT2D eigenvalue weighted by Gasteiger charge is 2.30. The van der Waals surface area contributed by atoms with Crippen LogP contribution in [0.4, 0.5) is 10.5 Å². The maximum atomic E-state index is 12.7. The quantitative estimate of drug-likeness (QED) is 0.787. The van der Waals surface area contributed by atoms with E-state index < -0.39 is 0 Å². The second kappa shape index (κ2) is 9.11. The van der Waals surface area contributed by atoms with Crippen LogP contribution in [0.2, 0.25) is 0 Å². The van der Waals surface area contributed by atoms with E-state index in [0.717, 1.165) is 25.9 Å². The molecule has 6 nitrogen and oxygen atoms in total. The number of nitrogens with zero attached hydrogens (tertiary/aromatic N) is 2. The number of ketones is 1. The van der Waals surface area contributed by atoms with Crippen LogP contribution in [-0.2, 0) is 4.79 Å². The summed E-state index contributed by atoms with van der Waals surface area (Å²) in [7, 11) is 0. The molecule has 6 heteroatoms. The molecule has 0 aliphatic carbocycles. The second-order valence-electron chi connectivity index (χ2n) is 8.00. The fourth-order valence-corrected chi connectivity index (χ4v) is 4.18. The van der Waals surface area contributed by atoms with Crippen molar-refractivity contribution in [1.82, 2.24) is 9.80 Å². The molecule has 3 amide bonds. The van der Waals surface area contributed by atoms with Crippen molar-refractivity contribution >= 4 is 23.4 Å². The van der Waals surface area contributed by atoms with Gasteiger partial charge in [-0.15, -0.1) is 0 Å². The van der Waals surface area contributed by atoms with Crippen LogP contribution in [0.5, 0.6) is 0 Å². The van der Waals surface area contributed by atoms with Crippen molar-refractivity contribution in [3.05, 3.63) is 65.7 Å². The third-order valence-corrected chi connectivity index (χ3v) is 5.94. The summed E-state index contributed by atoms with van der Waals surface area (Å²) in [5.74, 6) is -0.242. The lowest BCUT2D eigenvalue weighted by Gasteiger charge is -2.34. The Morgan fingerprint density at radius 2 is 1.40 bits per heavy atom. The minimum atomic E-state index is -0.124. The van der Waals surface area contributed by atoms with Crippen molar-refractivity contribution in [2.24, 2.45) is 5.92 Å². The topological polar surface area (TPSA) is 69.7 Å². The molecule has 2 aliphatic heterocycles. The minimum Gasteiger partial charge on any atom is -0.326 e. The van der Waals surface area contributed by atoms with Gasteiger partial charge in [-0.25, -0.2) is 4.79 Å². The number of rotatable bonds is 4. The third-order valence-electron chi connectivity index (χ3n) is 5.94. The van der Waals surface area contributed by atoms with Crippen molar-refractivity contribution in [2.45, 2.75) is 25.7 Å². The van der Waals surface area contributed by atoms with Gasteiger partial charge in [0.05, 0.1) is 0 Å². The zero-order chi connectivity index (χ0) is 20.9. The van der Waals surface area contributed by atoms with E-state index in [1.54, 1.807) is 36.4 Å². The smallest absolute Gasteiger partial charge is 0.319 e. The van der Waals surface area contributed by atoms with E-state index in [1.807, 2.05) is 28.0 Å². The van der Waals surface area contributed by atoms with Crippen molar-refractivity contribution in [3.8, 4) is 0 Å². The summed E-state index contributed by atoms with van der Waals surface area (Å²) < 4.78 is 0. The van der Waals surface area contributed by atoms with Gasteiger partial charge in [0.2, 0.25) is 5.91 Å². The average Bonchev–Trinajstić information content (AvgIpc) is 3.34. The lowest BCUT2D eigenvalue weighted by Crippen LogP contribution is -2.47. The first-order chi connectivity index (χ1) is 14.6. The highest BCUT2D eigenvalue weighted by molar-refractivity contribution is 6.09. The van der Waals surface area contributed by atoms with Gasteiger partial charge in [0, 0.05) is 48.9 Å². The first-order valence-corrected chi connectivity index (χ1v) is 10.7. The number of likely N-dealkylation sites (tertiary alicyclic amines) is 2. The molecule has 2 aromatic rings. The molecule has 2 fully saturated rings. The lowest BCUT2D eigenvalue weighted by atomic mass is 9.95. The molecule has 0 radical (unpaired) electrons. The molecule has 30 heavy (non-hydrogen) atoms. The molecule has 0 saturated carbocycles. The largest absolute Gasteiger partial charge is 0.326 e. The van der Waals surface area contributed by atoms with E-state index in [4.69, 9.17) is 0 Å². The van der Waals surface area contributed by atoms with Gasteiger partial charge in [-0.1, -0.05) is 42.5 Å². The van der Waals surface area contributed by atoms with E-state index in [2.05, 4.69) is 5.32 Å². The molecule has 2 heterocycles. The van der Waals surface area contributed by atoms with Crippen LogP contribution in [0.3, 0.4) is 0 Å². The van der Waals surface area contributed by atoms with Crippen LogP contribution in [0.25, 0.3) is 0 Å². The predicted molar refractivity (Wildman–Crippen MR) is 115 cm³/mol. The normalized spacial score (nSPS) is 17.1. The number of carbonyl (C=O) groups excluding carboxylic acids is 3. The highest BCUT2D eigenvalue weighted by Crippen LogP contribution is 2.22. The molecule has 2 aliphatic rings. The molecule has 0 unspecified atom stereocenters. The zero-order valence-electron chi connectivity index (χ0n) is 17.0. The SMILES string of the molecule is O=C(c1ccccc1)c1cccc(NC(=O)C2CCN(C(=O)N3CCCC3)CC2)c1. The van der Waals surface area contributed by atoms with Gasteiger partial charge in [0.25, 0.3) is 0 Å².